The lowest BCUT2D eigenvalue weighted by Gasteiger charge is -1.99. The normalized spacial score (nSPS) is 11.5. The van der Waals surface area contributed by atoms with Crippen molar-refractivity contribution in [3.8, 4) is 0 Å². The molecule has 1 aromatic heterocycles. The molecule has 6 heteroatoms. The molecule has 0 unspecified atom stereocenters. The van der Waals surface area contributed by atoms with Gasteiger partial charge in [-0.05, 0) is 17.9 Å². The predicted octanol–water partition coefficient (Wildman–Crippen LogP) is 2.12. The third-order valence-electron chi connectivity index (χ3n) is 1.28. The maximum absolute atomic E-state index is 10.9. The molecule has 13 heavy (non-hydrogen) atoms. The Balaban J connectivity index is 3.06. The van der Waals surface area contributed by atoms with Gasteiger partial charge in [-0.25, -0.2) is 13.4 Å². The van der Waals surface area contributed by atoms with E-state index in [2.05, 4.69) is 4.98 Å². The third kappa shape index (κ3) is 3.17. The molecule has 0 amide bonds. The zero-order valence-electron chi connectivity index (χ0n) is 6.90. The quantitative estimate of drug-likeness (QED) is 0.597. The molecule has 0 aliphatic rings. The molecule has 0 saturated heterocycles. The Morgan fingerprint density at radius 2 is 2.31 bits per heavy atom. The molecule has 0 aromatic carbocycles. The Morgan fingerprint density at radius 1 is 1.62 bits per heavy atom. The molecular weight excluding hydrogens is 230 g/mol. The largest absolute Gasteiger partial charge is 0.261 e. The van der Waals surface area contributed by atoms with Gasteiger partial charge in [0.15, 0.2) is 0 Å². The van der Waals surface area contributed by atoms with Gasteiger partial charge in [-0.2, -0.15) is 0 Å². The van der Waals surface area contributed by atoms with Gasteiger partial charge < -0.3 is 0 Å². The maximum Gasteiger partial charge on any atom is 0.261 e. The first kappa shape index (κ1) is 10.8. The smallest absolute Gasteiger partial charge is 0.250 e. The molecule has 0 aliphatic carbocycles. The van der Waals surface area contributed by atoms with E-state index in [4.69, 9.17) is 10.7 Å². The second-order valence-corrected chi connectivity index (χ2v) is 6.05. The van der Waals surface area contributed by atoms with Gasteiger partial charge in [0, 0.05) is 16.9 Å². The number of nitrogens with zero attached hydrogens (tertiary/aromatic N) is 1. The average molecular weight is 238 g/mol. The standard InChI is InChI=1S/C7H8ClNO2S2/c1-2-12-7-5-6(3-4-9-7)13(8,10)11/h3-5H,2H2,1H3. The van der Waals surface area contributed by atoms with Gasteiger partial charge in [-0.3, -0.25) is 0 Å². The summed E-state index contributed by atoms with van der Waals surface area (Å²) < 4.78 is 21.8. The Kier molecular flexibility index (Phi) is 3.58. The fourth-order valence-corrected chi connectivity index (χ4v) is 2.25. The molecule has 0 fully saturated rings. The van der Waals surface area contributed by atoms with Crippen molar-refractivity contribution < 1.29 is 8.42 Å². The number of hydrogen-bond acceptors (Lipinski definition) is 4. The Hall–Kier alpha value is -0.260. The lowest BCUT2D eigenvalue weighted by molar-refractivity contribution is 0.609. The second-order valence-electron chi connectivity index (χ2n) is 2.20. The third-order valence-corrected chi connectivity index (χ3v) is 3.44. The van der Waals surface area contributed by atoms with Crippen LogP contribution in [-0.4, -0.2) is 19.2 Å². The number of thioether (sulfide) groups is 1. The Labute approximate surface area is 85.9 Å². The molecule has 1 heterocycles. The molecular formula is C7H8ClNO2S2. The second kappa shape index (κ2) is 4.30. The SMILES string of the molecule is CCSc1cc(S(=O)(=O)Cl)ccn1. The van der Waals surface area contributed by atoms with Gasteiger partial charge in [0.1, 0.15) is 0 Å². The molecule has 0 atom stereocenters. The summed E-state index contributed by atoms with van der Waals surface area (Å²) in [6.45, 7) is 1.97. The van der Waals surface area contributed by atoms with Crippen LogP contribution in [-0.2, 0) is 9.05 Å². The first-order valence-corrected chi connectivity index (χ1v) is 6.87. The summed E-state index contributed by atoms with van der Waals surface area (Å²) in [6, 6.07) is 2.85. The van der Waals surface area contributed by atoms with Crippen molar-refractivity contribution in [3.63, 3.8) is 0 Å². The lowest BCUT2D eigenvalue weighted by atomic mass is 10.5. The Bertz CT molecular complexity index is 391. The fourth-order valence-electron chi connectivity index (χ4n) is 0.770. The minimum Gasteiger partial charge on any atom is -0.250 e. The summed E-state index contributed by atoms with van der Waals surface area (Å²) in [6.07, 6.45) is 1.44. The summed E-state index contributed by atoms with van der Waals surface area (Å²) in [5, 5.41) is 0.671. The topological polar surface area (TPSA) is 47.0 Å². The van der Waals surface area contributed by atoms with Gasteiger partial charge >= 0.3 is 0 Å². The molecule has 3 nitrogen and oxygen atoms in total. The fraction of sp³-hybridized carbons (Fsp3) is 0.286. The van der Waals surface area contributed by atoms with Gasteiger partial charge in [0.2, 0.25) is 0 Å². The van der Waals surface area contributed by atoms with E-state index in [-0.39, 0.29) is 4.90 Å². The van der Waals surface area contributed by atoms with E-state index < -0.39 is 9.05 Å². The summed E-state index contributed by atoms with van der Waals surface area (Å²) in [7, 11) is 1.54. The van der Waals surface area contributed by atoms with Crippen molar-refractivity contribution in [1.82, 2.24) is 4.98 Å². The Morgan fingerprint density at radius 3 is 2.85 bits per heavy atom. The van der Waals surface area contributed by atoms with E-state index >= 15 is 0 Å². The molecule has 0 aliphatic heterocycles. The molecule has 0 radical (unpaired) electrons. The molecule has 0 spiro atoms. The molecule has 0 bridgehead atoms. The van der Waals surface area contributed by atoms with E-state index in [1.807, 2.05) is 6.92 Å². The highest BCUT2D eigenvalue weighted by Crippen LogP contribution is 2.20. The predicted molar refractivity (Wildman–Crippen MR) is 53.7 cm³/mol. The summed E-state index contributed by atoms with van der Waals surface area (Å²) in [5.41, 5.74) is 0. The van der Waals surface area contributed by atoms with Crippen LogP contribution in [0.25, 0.3) is 0 Å². The highest BCUT2D eigenvalue weighted by molar-refractivity contribution is 8.13. The highest BCUT2D eigenvalue weighted by atomic mass is 35.7. The summed E-state index contributed by atoms with van der Waals surface area (Å²) >= 11 is 1.47. The van der Waals surface area contributed by atoms with Crippen molar-refractivity contribution in [2.45, 2.75) is 16.8 Å². The molecule has 1 aromatic rings. The van der Waals surface area contributed by atoms with Crippen molar-refractivity contribution in [2.24, 2.45) is 0 Å². The van der Waals surface area contributed by atoms with Crippen LogP contribution in [0.4, 0.5) is 0 Å². The number of pyridine rings is 1. The first-order valence-electron chi connectivity index (χ1n) is 3.57. The van der Waals surface area contributed by atoms with Crippen LogP contribution in [0, 0.1) is 0 Å². The number of hydrogen-bond donors (Lipinski definition) is 0. The van der Waals surface area contributed by atoms with E-state index in [9.17, 15) is 8.42 Å². The van der Waals surface area contributed by atoms with Crippen molar-refractivity contribution in [2.75, 3.05) is 5.75 Å². The highest BCUT2D eigenvalue weighted by Gasteiger charge is 2.10. The van der Waals surface area contributed by atoms with Crippen molar-refractivity contribution >= 4 is 31.5 Å². The number of halogens is 1. The minimum atomic E-state index is -3.62. The molecule has 0 N–H and O–H groups in total. The summed E-state index contributed by atoms with van der Waals surface area (Å²) in [5.74, 6) is 0.846. The zero-order valence-corrected chi connectivity index (χ0v) is 9.29. The molecule has 72 valence electrons. The van der Waals surface area contributed by atoms with Crippen molar-refractivity contribution in [3.05, 3.63) is 18.3 Å². The zero-order chi connectivity index (χ0) is 9.90. The number of rotatable bonds is 3. The van der Waals surface area contributed by atoms with Gasteiger partial charge in [0.25, 0.3) is 9.05 Å². The van der Waals surface area contributed by atoms with Crippen LogP contribution < -0.4 is 0 Å². The van der Waals surface area contributed by atoms with Gasteiger partial charge in [-0.15, -0.1) is 11.8 Å². The van der Waals surface area contributed by atoms with Crippen LogP contribution >= 0.6 is 22.4 Å². The van der Waals surface area contributed by atoms with E-state index in [1.165, 1.54) is 30.1 Å². The average Bonchev–Trinajstić information content (AvgIpc) is 2.04. The first-order chi connectivity index (χ1) is 6.04. The summed E-state index contributed by atoms with van der Waals surface area (Å²) in [4.78, 5) is 4.08. The number of aromatic nitrogens is 1. The van der Waals surface area contributed by atoms with Crippen LogP contribution in [0.2, 0.25) is 0 Å². The molecule has 0 saturated carbocycles. The molecule has 1 rings (SSSR count). The van der Waals surface area contributed by atoms with Crippen LogP contribution in [0.5, 0.6) is 0 Å². The lowest BCUT2D eigenvalue weighted by Crippen LogP contribution is -1.91. The minimum absolute atomic E-state index is 0.0973. The van der Waals surface area contributed by atoms with Crippen LogP contribution in [0.3, 0.4) is 0 Å². The van der Waals surface area contributed by atoms with E-state index in [0.717, 1.165) is 5.75 Å². The maximum atomic E-state index is 10.9. The van der Waals surface area contributed by atoms with Gasteiger partial charge in [-0.1, -0.05) is 6.92 Å². The monoisotopic (exact) mass is 237 g/mol. The van der Waals surface area contributed by atoms with Gasteiger partial charge in [0.05, 0.1) is 9.92 Å². The van der Waals surface area contributed by atoms with E-state index in [1.54, 1.807) is 0 Å². The van der Waals surface area contributed by atoms with Crippen LogP contribution in [0.1, 0.15) is 6.92 Å². The van der Waals surface area contributed by atoms with Crippen LogP contribution in [0.15, 0.2) is 28.3 Å². The van der Waals surface area contributed by atoms with Crippen molar-refractivity contribution in [1.29, 1.82) is 0 Å². The van der Waals surface area contributed by atoms with E-state index in [0.29, 0.717) is 5.03 Å².